The Morgan fingerprint density at radius 3 is 2.25 bits per heavy atom. The number of nitrogens with zero attached hydrogens (tertiary/aromatic N) is 2. The van der Waals surface area contributed by atoms with Gasteiger partial charge >= 0.3 is 0 Å². The number of methoxy groups -OCH3 is 1. The van der Waals surface area contributed by atoms with Crippen LogP contribution in [0, 0.1) is 0 Å². The number of rotatable bonds is 6. The minimum atomic E-state index is -0.525. The summed E-state index contributed by atoms with van der Waals surface area (Å²) < 4.78 is 5.13. The molecule has 1 atom stereocenters. The second-order valence-corrected chi connectivity index (χ2v) is 7.10. The Labute approximate surface area is 165 Å². The summed E-state index contributed by atoms with van der Waals surface area (Å²) in [4.78, 5) is 28.5. The van der Waals surface area contributed by atoms with Crippen molar-refractivity contribution in [3.63, 3.8) is 0 Å². The second kappa shape index (κ2) is 8.89. The predicted molar refractivity (Wildman–Crippen MR) is 110 cm³/mol. The lowest BCUT2D eigenvalue weighted by Gasteiger charge is -2.21. The molecule has 2 aromatic rings. The molecule has 1 fully saturated rings. The van der Waals surface area contributed by atoms with E-state index in [9.17, 15) is 9.59 Å². The molecule has 28 heavy (non-hydrogen) atoms. The van der Waals surface area contributed by atoms with Crippen LogP contribution in [0.15, 0.2) is 48.5 Å². The fraction of sp³-hybridized carbons (Fsp3) is 0.364. The van der Waals surface area contributed by atoms with Gasteiger partial charge in [-0.3, -0.25) is 9.59 Å². The van der Waals surface area contributed by atoms with E-state index in [0.717, 1.165) is 37.2 Å². The second-order valence-electron chi connectivity index (χ2n) is 7.10. The van der Waals surface area contributed by atoms with E-state index in [0.29, 0.717) is 17.7 Å². The van der Waals surface area contributed by atoms with Gasteiger partial charge in [0.2, 0.25) is 5.91 Å². The highest BCUT2D eigenvalue weighted by Gasteiger charge is 2.23. The first-order valence-electron chi connectivity index (χ1n) is 9.55. The number of carbonyl (C=O) groups is 2. The number of hydrogen-bond donors (Lipinski definition) is 1. The highest BCUT2D eigenvalue weighted by molar-refractivity contribution is 6.05. The zero-order valence-corrected chi connectivity index (χ0v) is 16.4. The monoisotopic (exact) mass is 381 g/mol. The number of likely N-dealkylation sites (tertiary alicyclic amines) is 1. The van der Waals surface area contributed by atoms with E-state index >= 15 is 0 Å². The quantitative estimate of drug-likeness (QED) is 0.834. The lowest BCUT2D eigenvalue weighted by molar-refractivity contribution is -0.131. The molecule has 1 heterocycles. The third-order valence-corrected chi connectivity index (χ3v) is 5.16. The molecule has 6 heteroatoms. The van der Waals surface area contributed by atoms with Gasteiger partial charge in [0.25, 0.3) is 5.91 Å². The topological polar surface area (TPSA) is 75.9 Å². The number of carbonyl (C=O) groups excluding carboxylic acids is 2. The first-order valence-corrected chi connectivity index (χ1v) is 9.55. The van der Waals surface area contributed by atoms with Gasteiger partial charge < -0.3 is 20.3 Å². The smallest absolute Gasteiger partial charge is 0.258 e. The summed E-state index contributed by atoms with van der Waals surface area (Å²) in [7, 11) is 3.33. The van der Waals surface area contributed by atoms with Gasteiger partial charge in [0.1, 0.15) is 5.75 Å². The van der Waals surface area contributed by atoms with E-state index in [2.05, 4.69) is 0 Å². The van der Waals surface area contributed by atoms with Crippen LogP contribution in [0.4, 0.5) is 5.69 Å². The Kier molecular flexibility index (Phi) is 6.31. The van der Waals surface area contributed by atoms with Crippen LogP contribution in [0.2, 0.25) is 0 Å². The molecule has 0 bridgehead atoms. The molecule has 1 aliphatic heterocycles. The average Bonchev–Trinajstić information content (AvgIpc) is 3.27. The summed E-state index contributed by atoms with van der Waals surface area (Å²) in [5.74, 6) is 0.632. The normalized spacial score (nSPS) is 14.6. The average molecular weight is 381 g/mol. The van der Waals surface area contributed by atoms with Gasteiger partial charge in [-0.25, -0.2) is 0 Å². The minimum absolute atomic E-state index is 0.0216. The molecular formula is C22H27N3O3. The summed E-state index contributed by atoms with van der Waals surface area (Å²) in [6.07, 6.45) is 2.61. The fourth-order valence-corrected chi connectivity index (χ4v) is 3.41. The zero-order valence-electron chi connectivity index (χ0n) is 16.4. The van der Waals surface area contributed by atoms with Gasteiger partial charge in [-0.05, 0) is 61.2 Å². The molecule has 148 valence electrons. The molecule has 2 aromatic carbocycles. The van der Waals surface area contributed by atoms with Crippen molar-refractivity contribution >= 4 is 17.5 Å². The van der Waals surface area contributed by atoms with E-state index < -0.39 is 6.04 Å². The molecule has 0 radical (unpaired) electrons. The summed E-state index contributed by atoms with van der Waals surface area (Å²) in [6, 6.07) is 14.1. The van der Waals surface area contributed by atoms with Crippen LogP contribution in [0.1, 0.15) is 28.8 Å². The van der Waals surface area contributed by atoms with Gasteiger partial charge in [-0.2, -0.15) is 0 Å². The Balaban J connectivity index is 1.62. The van der Waals surface area contributed by atoms with Crippen molar-refractivity contribution in [3.05, 3.63) is 59.7 Å². The van der Waals surface area contributed by atoms with E-state index in [-0.39, 0.29) is 11.8 Å². The van der Waals surface area contributed by atoms with Crippen LogP contribution in [-0.4, -0.2) is 50.0 Å². The maximum absolute atomic E-state index is 12.7. The third kappa shape index (κ3) is 4.51. The molecule has 2 N–H and O–H groups in total. The van der Waals surface area contributed by atoms with E-state index in [1.807, 2.05) is 29.2 Å². The number of benzene rings is 2. The van der Waals surface area contributed by atoms with Crippen molar-refractivity contribution in [2.24, 2.45) is 5.73 Å². The molecule has 3 rings (SSSR count). The van der Waals surface area contributed by atoms with Gasteiger partial charge in [0.05, 0.1) is 13.2 Å². The number of hydrogen-bond acceptors (Lipinski definition) is 4. The lowest BCUT2D eigenvalue weighted by atomic mass is 10.0. The molecule has 0 aliphatic carbocycles. The standard InChI is InChI=1S/C22H27N3O3/c1-24(21(26)17-7-11-19(28-2)12-8-17)18-9-5-16(6-10-18)15-20(23)22(27)25-13-3-4-14-25/h5-12,20H,3-4,13-15,23H2,1-2H3/t20-/m0/s1. The highest BCUT2D eigenvalue weighted by atomic mass is 16.5. The van der Waals surface area contributed by atoms with Crippen molar-refractivity contribution in [1.82, 2.24) is 4.90 Å². The number of amides is 2. The van der Waals surface area contributed by atoms with Crippen LogP contribution in [0.3, 0.4) is 0 Å². The summed E-state index contributed by atoms with van der Waals surface area (Å²) in [5.41, 5.74) is 8.46. The minimum Gasteiger partial charge on any atom is -0.497 e. The van der Waals surface area contributed by atoms with Crippen LogP contribution in [0.25, 0.3) is 0 Å². The Bertz CT molecular complexity index is 812. The Morgan fingerprint density at radius 2 is 1.68 bits per heavy atom. The van der Waals surface area contributed by atoms with Crippen molar-refractivity contribution in [2.75, 3.05) is 32.1 Å². The molecule has 0 unspecified atom stereocenters. The van der Waals surface area contributed by atoms with Crippen LogP contribution in [0.5, 0.6) is 5.75 Å². The van der Waals surface area contributed by atoms with Crippen LogP contribution >= 0.6 is 0 Å². The number of ether oxygens (including phenoxy) is 1. The van der Waals surface area contributed by atoms with Crippen molar-refractivity contribution < 1.29 is 14.3 Å². The lowest BCUT2D eigenvalue weighted by Crippen LogP contribution is -2.43. The highest BCUT2D eigenvalue weighted by Crippen LogP contribution is 2.19. The first kappa shape index (κ1) is 19.9. The molecule has 0 aromatic heterocycles. The molecule has 2 amide bonds. The van der Waals surface area contributed by atoms with Crippen LogP contribution in [-0.2, 0) is 11.2 Å². The Morgan fingerprint density at radius 1 is 1.07 bits per heavy atom. The van der Waals surface area contributed by atoms with Crippen molar-refractivity contribution in [1.29, 1.82) is 0 Å². The Hall–Kier alpha value is -2.86. The van der Waals surface area contributed by atoms with Crippen LogP contribution < -0.4 is 15.4 Å². The zero-order chi connectivity index (χ0) is 20.1. The summed E-state index contributed by atoms with van der Waals surface area (Å²) in [5, 5.41) is 0. The van der Waals surface area contributed by atoms with Gasteiger partial charge in [0, 0.05) is 31.4 Å². The van der Waals surface area contributed by atoms with E-state index in [4.69, 9.17) is 10.5 Å². The summed E-state index contributed by atoms with van der Waals surface area (Å²) >= 11 is 0. The maximum atomic E-state index is 12.7. The molecule has 0 spiro atoms. The molecule has 0 saturated carbocycles. The summed E-state index contributed by atoms with van der Waals surface area (Å²) in [6.45, 7) is 1.62. The van der Waals surface area contributed by atoms with Gasteiger partial charge in [0.15, 0.2) is 0 Å². The molecule has 1 saturated heterocycles. The van der Waals surface area contributed by atoms with E-state index in [1.165, 1.54) is 0 Å². The van der Waals surface area contributed by atoms with Gasteiger partial charge in [-0.1, -0.05) is 12.1 Å². The van der Waals surface area contributed by atoms with E-state index in [1.54, 1.807) is 43.3 Å². The number of nitrogens with two attached hydrogens (primary N) is 1. The third-order valence-electron chi connectivity index (χ3n) is 5.16. The van der Waals surface area contributed by atoms with Crippen molar-refractivity contribution in [3.8, 4) is 5.75 Å². The first-order chi connectivity index (χ1) is 13.5. The predicted octanol–water partition coefficient (Wildman–Crippen LogP) is 2.46. The number of anilines is 1. The van der Waals surface area contributed by atoms with Crippen molar-refractivity contribution in [2.45, 2.75) is 25.3 Å². The maximum Gasteiger partial charge on any atom is 0.258 e. The largest absolute Gasteiger partial charge is 0.497 e. The molecule has 6 nitrogen and oxygen atoms in total. The molecular weight excluding hydrogens is 354 g/mol. The van der Waals surface area contributed by atoms with Gasteiger partial charge in [-0.15, -0.1) is 0 Å². The SMILES string of the molecule is COc1ccc(C(=O)N(C)c2ccc(C[C@H](N)C(=O)N3CCCC3)cc2)cc1. The fourth-order valence-electron chi connectivity index (χ4n) is 3.41. The molecule has 1 aliphatic rings.